The lowest BCUT2D eigenvalue weighted by molar-refractivity contribution is 0.00612. The lowest BCUT2D eigenvalue weighted by Crippen LogP contribution is -2.61. The van der Waals surface area contributed by atoms with Crippen LogP contribution in [0.3, 0.4) is 0 Å². The van der Waals surface area contributed by atoms with Crippen LogP contribution in [-0.4, -0.2) is 54.6 Å². The molecule has 0 aromatic rings. The van der Waals surface area contributed by atoms with E-state index in [1.165, 1.54) is 0 Å². The van der Waals surface area contributed by atoms with Gasteiger partial charge in [-0.05, 0) is 45.1 Å². The van der Waals surface area contributed by atoms with E-state index in [0.29, 0.717) is 25.2 Å². The van der Waals surface area contributed by atoms with Crippen LogP contribution in [0.25, 0.3) is 0 Å². The molecule has 2 aliphatic heterocycles. The summed E-state index contributed by atoms with van der Waals surface area (Å²) in [7, 11) is -3.16. The number of rotatable bonds is 5. The standard InChI is InChI=1S/C16H32N2O2S/c1-5-13(3)16(6-2)21(19,20)17-9-7-8-10-18-14(4)11-15(18)12-17/h13-16H,5-12H2,1-4H3/t13?,14-,15-,16?/m1/s1. The Morgan fingerprint density at radius 1 is 1.14 bits per heavy atom. The van der Waals surface area contributed by atoms with Crippen LogP contribution in [0, 0.1) is 5.92 Å². The molecule has 0 saturated carbocycles. The summed E-state index contributed by atoms with van der Waals surface area (Å²) in [5, 5.41) is -0.215. The fraction of sp³-hybridized carbons (Fsp3) is 1.00. The van der Waals surface area contributed by atoms with Crippen LogP contribution in [0.5, 0.6) is 0 Å². The zero-order valence-electron chi connectivity index (χ0n) is 14.1. The van der Waals surface area contributed by atoms with Gasteiger partial charge in [0.25, 0.3) is 0 Å². The molecule has 0 aromatic heterocycles. The fourth-order valence-electron chi connectivity index (χ4n) is 3.97. The van der Waals surface area contributed by atoms with Crippen molar-refractivity contribution in [2.75, 3.05) is 19.6 Å². The summed E-state index contributed by atoms with van der Waals surface area (Å²) in [5.41, 5.74) is 0. The normalized spacial score (nSPS) is 31.6. The molecular weight excluding hydrogens is 284 g/mol. The molecule has 4 atom stereocenters. The van der Waals surface area contributed by atoms with E-state index in [9.17, 15) is 8.42 Å². The maximum atomic E-state index is 13.0. The summed E-state index contributed by atoms with van der Waals surface area (Å²) in [6, 6.07) is 1.08. The highest BCUT2D eigenvalue weighted by atomic mass is 32.2. The zero-order valence-corrected chi connectivity index (χ0v) is 14.9. The van der Waals surface area contributed by atoms with Gasteiger partial charge in [0.1, 0.15) is 0 Å². The van der Waals surface area contributed by atoms with Crippen LogP contribution in [0.2, 0.25) is 0 Å². The van der Waals surface area contributed by atoms with E-state index < -0.39 is 10.0 Å². The molecular formula is C16H32N2O2S. The van der Waals surface area contributed by atoms with E-state index >= 15 is 0 Å². The highest BCUT2D eigenvalue weighted by Gasteiger charge is 2.41. The lowest BCUT2D eigenvalue weighted by atomic mass is 9.92. The minimum atomic E-state index is -3.16. The van der Waals surface area contributed by atoms with Gasteiger partial charge < -0.3 is 0 Å². The largest absolute Gasteiger partial charge is 0.296 e. The predicted octanol–water partition coefficient (Wildman–Crippen LogP) is 2.70. The molecule has 0 N–H and O–H groups in total. The second-order valence-corrected chi connectivity index (χ2v) is 9.07. The summed E-state index contributed by atoms with van der Waals surface area (Å²) < 4.78 is 27.9. The van der Waals surface area contributed by atoms with Crippen molar-refractivity contribution in [3.05, 3.63) is 0 Å². The van der Waals surface area contributed by atoms with E-state index in [4.69, 9.17) is 0 Å². The highest BCUT2D eigenvalue weighted by Crippen LogP contribution is 2.31. The van der Waals surface area contributed by atoms with Gasteiger partial charge in [-0.2, -0.15) is 0 Å². The molecule has 0 aromatic carbocycles. The Morgan fingerprint density at radius 2 is 1.81 bits per heavy atom. The van der Waals surface area contributed by atoms with Crippen molar-refractivity contribution >= 4 is 10.0 Å². The van der Waals surface area contributed by atoms with E-state index in [1.54, 1.807) is 0 Å². The van der Waals surface area contributed by atoms with E-state index in [2.05, 4.69) is 25.7 Å². The molecule has 0 bridgehead atoms. The second kappa shape index (κ2) is 6.97. The molecule has 2 fully saturated rings. The molecule has 124 valence electrons. The topological polar surface area (TPSA) is 40.6 Å². The average molecular weight is 317 g/mol. The summed E-state index contributed by atoms with van der Waals surface area (Å²) in [5.74, 6) is 0.238. The Labute approximate surface area is 130 Å². The average Bonchev–Trinajstić information content (AvgIpc) is 2.41. The van der Waals surface area contributed by atoms with E-state index in [0.717, 1.165) is 38.6 Å². The first-order valence-corrected chi connectivity index (χ1v) is 10.2. The number of hydrogen-bond donors (Lipinski definition) is 0. The third-order valence-electron chi connectivity index (χ3n) is 5.56. The Bertz CT molecular complexity index is 438. The minimum Gasteiger partial charge on any atom is -0.296 e. The first-order chi connectivity index (χ1) is 9.91. The van der Waals surface area contributed by atoms with Crippen molar-refractivity contribution in [1.29, 1.82) is 0 Å². The van der Waals surface area contributed by atoms with Crippen molar-refractivity contribution in [2.45, 2.75) is 77.1 Å². The number of nitrogens with zero attached hydrogens (tertiary/aromatic N) is 2. The van der Waals surface area contributed by atoms with Gasteiger partial charge in [-0.15, -0.1) is 0 Å². The van der Waals surface area contributed by atoms with Gasteiger partial charge in [-0.3, -0.25) is 4.90 Å². The first kappa shape index (κ1) is 17.2. The van der Waals surface area contributed by atoms with E-state index in [1.807, 2.05) is 11.2 Å². The van der Waals surface area contributed by atoms with Gasteiger partial charge in [0.05, 0.1) is 5.25 Å². The van der Waals surface area contributed by atoms with Crippen LogP contribution in [0.4, 0.5) is 0 Å². The van der Waals surface area contributed by atoms with Crippen molar-refractivity contribution in [3.63, 3.8) is 0 Å². The molecule has 2 saturated heterocycles. The van der Waals surface area contributed by atoms with Gasteiger partial charge in [0.15, 0.2) is 0 Å². The first-order valence-electron chi connectivity index (χ1n) is 8.66. The Hall–Kier alpha value is -0.130. The van der Waals surface area contributed by atoms with Crippen molar-refractivity contribution in [2.24, 2.45) is 5.92 Å². The summed E-state index contributed by atoms with van der Waals surface area (Å²) in [6.07, 6.45) is 4.90. The molecule has 2 rings (SSSR count). The Morgan fingerprint density at radius 3 is 2.38 bits per heavy atom. The smallest absolute Gasteiger partial charge is 0.217 e. The zero-order chi connectivity index (χ0) is 15.6. The highest BCUT2D eigenvalue weighted by molar-refractivity contribution is 7.89. The van der Waals surface area contributed by atoms with Crippen molar-refractivity contribution in [1.82, 2.24) is 9.21 Å². The van der Waals surface area contributed by atoms with Gasteiger partial charge in [0, 0.05) is 25.2 Å². The Balaban J connectivity index is 2.13. The predicted molar refractivity (Wildman–Crippen MR) is 87.8 cm³/mol. The van der Waals surface area contributed by atoms with Crippen LogP contribution >= 0.6 is 0 Å². The second-order valence-electron chi connectivity index (χ2n) is 6.92. The molecule has 2 heterocycles. The minimum absolute atomic E-state index is 0.215. The van der Waals surface area contributed by atoms with Gasteiger partial charge in [0.2, 0.25) is 10.0 Å². The molecule has 4 nitrogen and oxygen atoms in total. The molecule has 0 aliphatic carbocycles. The fourth-order valence-corrected chi connectivity index (χ4v) is 6.32. The SMILES string of the molecule is CCC(C)C(CC)S(=O)(=O)N1CCCCN2[C@H](C[C@H]2C)C1. The van der Waals surface area contributed by atoms with Crippen LogP contribution in [-0.2, 0) is 10.0 Å². The van der Waals surface area contributed by atoms with Crippen molar-refractivity contribution < 1.29 is 8.42 Å². The molecule has 21 heavy (non-hydrogen) atoms. The maximum absolute atomic E-state index is 13.0. The molecule has 2 unspecified atom stereocenters. The van der Waals surface area contributed by atoms with Crippen molar-refractivity contribution in [3.8, 4) is 0 Å². The Kier molecular flexibility index (Phi) is 5.71. The monoisotopic (exact) mass is 316 g/mol. The summed E-state index contributed by atoms with van der Waals surface area (Å²) in [6.45, 7) is 11.0. The third-order valence-corrected chi connectivity index (χ3v) is 8.17. The number of sulfonamides is 1. The maximum Gasteiger partial charge on any atom is 0.217 e. The van der Waals surface area contributed by atoms with E-state index in [-0.39, 0.29) is 11.2 Å². The summed E-state index contributed by atoms with van der Waals surface area (Å²) in [4.78, 5) is 2.49. The molecule has 0 radical (unpaired) electrons. The molecule has 5 heteroatoms. The number of hydrogen-bond acceptors (Lipinski definition) is 3. The summed E-state index contributed by atoms with van der Waals surface area (Å²) >= 11 is 0. The van der Waals surface area contributed by atoms with Crippen LogP contribution < -0.4 is 0 Å². The van der Waals surface area contributed by atoms with Crippen LogP contribution in [0.15, 0.2) is 0 Å². The number of fused-ring (bicyclic) bond motifs is 1. The van der Waals surface area contributed by atoms with Gasteiger partial charge >= 0.3 is 0 Å². The lowest BCUT2D eigenvalue weighted by Gasteiger charge is -2.50. The van der Waals surface area contributed by atoms with Crippen LogP contribution in [0.1, 0.15) is 59.8 Å². The molecule has 2 aliphatic rings. The van der Waals surface area contributed by atoms with Gasteiger partial charge in [-0.25, -0.2) is 12.7 Å². The quantitative estimate of drug-likeness (QED) is 0.783. The molecule has 0 amide bonds. The molecule has 0 spiro atoms. The van der Waals surface area contributed by atoms with Gasteiger partial charge in [-0.1, -0.05) is 27.2 Å². The third kappa shape index (κ3) is 3.45.